The molecule has 0 bridgehead atoms. The van der Waals surface area contributed by atoms with E-state index in [-0.39, 0.29) is 12.0 Å². The van der Waals surface area contributed by atoms with E-state index in [0.717, 1.165) is 44.7 Å². The van der Waals surface area contributed by atoms with Gasteiger partial charge in [0.15, 0.2) is 0 Å². The Kier molecular flexibility index (Phi) is 5.21. The molecule has 138 valence electrons. The summed E-state index contributed by atoms with van der Waals surface area (Å²) in [4.78, 5) is 20.0. The van der Waals surface area contributed by atoms with Gasteiger partial charge in [0, 0.05) is 38.7 Å². The van der Waals surface area contributed by atoms with Crippen LogP contribution in [0.1, 0.15) is 40.7 Å². The highest BCUT2D eigenvalue weighted by Crippen LogP contribution is 2.26. The molecule has 1 amide bonds. The van der Waals surface area contributed by atoms with Gasteiger partial charge in [0.05, 0.1) is 12.3 Å². The average Bonchev–Trinajstić information content (AvgIpc) is 3.10. The van der Waals surface area contributed by atoms with Crippen molar-refractivity contribution < 1.29 is 14.3 Å². The molecule has 26 heavy (non-hydrogen) atoms. The van der Waals surface area contributed by atoms with E-state index in [1.165, 1.54) is 11.9 Å². The summed E-state index contributed by atoms with van der Waals surface area (Å²) in [6.07, 6.45) is 7.85. The molecule has 2 aromatic rings. The molecule has 2 aliphatic rings. The number of fused-ring (bicyclic) bond motifs is 1. The lowest BCUT2D eigenvalue weighted by molar-refractivity contribution is 0.0378. The van der Waals surface area contributed by atoms with Crippen LogP contribution in [-0.4, -0.2) is 52.0 Å². The van der Waals surface area contributed by atoms with Gasteiger partial charge in [-0.2, -0.15) is 5.10 Å². The van der Waals surface area contributed by atoms with Gasteiger partial charge in [-0.3, -0.25) is 9.48 Å². The van der Waals surface area contributed by atoms with E-state index in [4.69, 9.17) is 14.6 Å². The van der Waals surface area contributed by atoms with Crippen LogP contribution in [0.5, 0.6) is 0 Å². The number of aromatic nitrogens is 4. The molecule has 1 fully saturated rings. The molecule has 0 spiro atoms. The Labute approximate surface area is 151 Å². The van der Waals surface area contributed by atoms with Crippen LogP contribution in [0.3, 0.4) is 0 Å². The van der Waals surface area contributed by atoms with Gasteiger partial charge in [-0.1, -0.05) is 0 Å². The monoisotopic (exact) mass is 357 g/mol. The number of hydrogen-bond donors (Lipinski definition) is 1. The minimum Gasteiger partial charge on any atom is -0.381 e. The van der Waals surface area contributed by atoms with Crippen molar-refractivity contribution in [2.75, 3.05) is 26.4 Å². The van der Waals surface area contributed by atoms with Gasteiger partial charge >= 0.3 is 0 Å². The molecule has 8 nitrogen and oxygen atoms in total. The van der Waals surface area contributed by atoms with E-state index in [1.807, 2.05) is 4.68 Å². The molecule has 1 N–H and O–H groups in total. The SMILES string of the molecule is O=C(NCC1OCCc2cn(CC3CCOCC3)nc21)c1ccncn1. The fourth-order valence-corrected chi connectivity index (χ4v) is 3.47. The smallest absolute Gasteiger partial charge is 0.270 e. The third kappa shape index (κ3) is 3.91. The number of ether oxygens (including phenoxy) is 2. The maximum atomic E-state index is 12.2. The summed E-state index contributed by atoms with van der Waals surface area (Å²) in [6.45, 7) is 3.61. The highest BCUT2D eigenvalue weighted by Gasteiger charge is 2.26. The van der Waals surface area contributed by atoms with Crippen molar-refractivity contribution in [3.63, 3.8) is 0 Å². The van der Waals surface area contributed by atoms with Gasteiger partial charge < -0.3 is 14.8 Å². The molecular weight excluding hydrogens is 334 g/mol. The van der Waals surface area contributed by atoms with E-state index < -0.39 is 0 Å². The fraction of sp³-hybridized carbons (Fsp3) is 0.556. The van der Waals surface area contributed by atoms with Crippen molar-refractivity contribution in [2.24, 2.45) is 5.92 Å². The Morgan fingerprint density at radius 1 is 1.31 bits per heavy atom. The molecule has 0 aliphatic carbocycles. The van der Waals surface area contributed by atoms with Crippen LogP contribution in [0, 0.1) is 5.92 Å². The molecule has 0 radical (unpaired) electrons. The highest BCUT2D eigenvalue weighted by molar-refractivity contribution is 5.92. The molecule has 1 atom stereocenters. The zero-order valence-corrected chi connectivity index (χ0v) is 14.6. The number of nitrogens with zero attached hydrogens (tertiary/aromatic N) is 4. The van der Waals surface area contributed by atoms with Gasteiger partial charge in [-0.25, -0.2) is 9.97 Å². The first-order valence-corrected chi connectivity index (χ1v) is 9.09. The lowest BCUT2D eigenvalue weighted by Gasteiger charge is -2.22. The topological polar surface area (TPSA) is 91.2 Å². The summed E-state index contributed by atoms with van der Waals surface area (Å²) in [6, 6.07) is 1.59. The molecule has 0 aromatic carbocycles. The fourth-order valence-electron chi connectivity index (χ4n) is 3.47. The molecule has 8 heteroatoms. The minimum atomic E-state index is -0.232. The minimum absolute atomic E-state index is 0.222. The second-order valence-corrected chi connectivity index (χ2v) is 6.73. The van der Waals surface area contributed by atoms with E-state index in [1.54, 1.807) is 12.3 Å². The van der Waals surface area contributed by atoms with Crippen LogP contribution in [0.4, 0.5) is 0 Å². The Bertz CT molecular complexity index is 743. The summed E-state index contributed by atoms with van der Waals surface area (Å²) < 4.78 is 13.3. The van der Waals surface area contributed by atoms with Crippen LogP contribution in [0.15, 0.2) is 24.8 Å². The molecule has 1 unspecified atom stereocenters. The van der Waals surface area contributed by atoms with Crippen LogP contribution >= 0.6 is 0 Å². The predicted octanol–water partition coefficient (Wildman–Crippen LogP) is 1.14. The summed E-state index contributed by atoms with van der Waals surface area (Å²) in [7, 11) is 0. The van der Waals surface area contributed by atoms with Crippen molar-refractivity contribution >= 4 is 5.91 Å². The Morgan fingerprint density at radius 3 is 3.00 bits per heavy atom. The number of carbonyl (C=O) groups is 1. The first-order valence-electron chi connectivity index (χ1n) is 9.09. The summed E-state index contributed by atoms with van der Waals surface area (Å²) in [5, 5.41) is 7.63. The average molecular weight is 357 g/mol. The van der Waals surface area contributed by atoms with Gasteiger partial charge in [-0.15, -0.1) is 0 Å². The number of amides is 1. The van der Waals surface area contributed by atoms with E-state index in [2.05, 4.69) is 21.5 Å². The molecule has 1 saturated heterocycles. The predicted molar refractivity (Wildman–Crippen MR) is 92.5 cm³/mol. The normalized spacial score (nSPS) is 20.5. The lowest BCUT2D eigenvalue weighted by atomic mass is 10.0. The van der Waals surface area contributed by atoms with E-state index in [9.17, 15) is 4.79 Å². The highest BCUT2D eigenvalue weighted by atomic mass is 16.5. The van der Waals surface area contributed by atoms with Crippen molar-refractivity contribution in [1.82, 2.24) is 25.1 Å². The third-order valence-electron chi connectivity index (χ3n) is 4.91. The van der Waals surface area contributed by atoms with Gasteiger partial charge in [0.25, 0.3) is 5.91 Å². The number of nitrogens with one attached hydrogen (secondary N) is 1. The van der Waals surface area contributed by atoms with Gasteiger partial charge in [0.2, 0.25) is 0 Å². The third-order valence-corrected chi connectivity index (χ3v) is 4.91. The summed E-state index contributed by atoms with van der Waals surface area (Å²) >= 11 is 0. The molecule has 4 heterocycles. The second kappa shape index (κ2) is 7.92. The van der Waals surface area contributed by atoms with Crippen molar-refractivity contribution in [3.8, 4) is 0 Å². The second-order valence-electron chi connectivity index (χ2n) is 6.73. The zero-order chi connectivity index (χ0) is 17.8. The molecule has 0 saturated carbocycles. The Balaban J connectivity index is 1.39. The molecule has 2 aromatic heterocycles. The Morgan fingerprint density at radius 2 is 2.19 bits per heavy atom. The Hall–Kier alpha value is -2.32. The van der Waals surface area contributed by atoms with Crippen molar-refractivity contribution in [3.05, 3.63) is 41.7 Å². The molecular formula is C18H23N5O3. The quantitative estimate of drug-likeness (QED) is 0.863. The van der Waals surface area contributed by atoms with Crippen LogP contribution in [0.2, 0.25) is 0 Å². The van der Waals surface area contributed by atoms with E-state index >= 15 is 0 Å². The largest absolute Gasteiger partial charge is 0.381 e. The van der Waals surface area contributed by atoms with Crippen molar-refractivity contribution in [1.29, 1.82) is 0 Å². The van der Waals surface area contributed by atoms with Crippen molar-refractivity contribution in [2.45, 2.75) is 31.9 Å². The van der Waals surface area contributed by atoms with E-state index in [0.29, 0.717) is 24.8 Å². The maximum absolute atomic E-state index is 12.2. The van der Waals surface area contributed by atoms with Gasteiger partial charge in [-0.05, 0) is 36.8 Å². The van der Waals surface area contributed by atoms with Crippen LogP contribution in [0.25, 0.3) is 0 Å². The number of rotatable bonds is 5. The summed E-state index contributed by atoms with van der Waals surface area (Å²) in [5.41, 5.74) is 2.50. The first kappa shape index (κ1) is 17.1. The summed E-state index contributed by atoms with van der Waals surface area (Å²) in [5.74, 6) is 0.381. The zero-order valence-electron chi connectivity index (χ0n) is 14.6. The van der Waals surface area contributed by atoms with Gasteiger partial charge in [0.1, 0.15) is 18.1 Å². The number of carbonyl (C=O) groups excluding carboxylic acids is 1. The standard InChI is InChI=1S/C18H23N5O3/c24-18(15-1-5-19-12-21-15)20-9-16-17-14(4-8-26-16)11-23(22-17)10-13-2-6-25-7-3-13/h1,5,11-13,16H,2-4,6-10H2,(H,20,24). The molecule has 4 rings (SSSR count). The van der Waals surface area contributed by atoms with Crippen LogP contribution in [-0.2, 0) is 22.4 Å². The number of hydrogen-bond acceptors (Lipinski definition) is 6. The van der Waals surface area contributed by atoms with Crippen LogP contribution < -0.4 is 5.32 Å². The maximum Gasteiger partial charge on any atom is 0.270 e. The molecule has 2 aliphatic heterocycles. The lowest BCUT2D eigenvalue weighted by Crippen LogP contribution is -2.32. The first-order chi connectivity index (χ1) is 12.8.